The number of hydrogen-bond donors (Lipinski definition) is 1. The molecule has 1 heterocycles. The summed E-state index contributed by atoms with van der Waals surface area (Å²) in [7, 11) is 3.12. The molecule has 0 radical (unpaired) electrons. The van der Waals surface area contributed by atoms with E-state index in [1.807, 2.05) is 4.90 Å². The molecule has 0 unspecified atom stereocenters. The van der Waals surface area contributed by atoms with Crippen molar-refractivity contribution in [2.24, 2.45) is 5.41 Å². The minimum absolute atomic E-state index is 0.0427. The van der Waals surface area contributed by atoms with Crippen molar-refractivity contribution in [3.05, 3.63) is 23.8 Å². The molecule has 0 bridgehead atoms. The number of ether oxygens (including phenoxy) is 2. The molecule has 2 aliphatic rings. The Morgan fingerprint density at radius 1 is 1.26 bits per heavy atom. The summed E-state index contributed by atoms with van der Waals surface area (Å²) in [6.45, 7) is 1.36. The molecule has 1 aliphatic heterocycles. The van der Waals surface area contributed by atoms with Crippen LogP contribution in [-0.2, 0) is 0 Å². The normalized spacial score (nSPS) is 27.3. The van der Waals surface area contributed by atoms with Crippen molar-refractivity contribution in [2.45, 2.75) is 38.2 Å². The first-order valence-corrected chi connectivity index (χ1v) is 8.29. The number of carbonyl (C=O) groups excluding carboxylic acids is 1. The molecule has 2 fully saturated rings. The van der Waals surface area contributed by atoms with Gasteiger partial charge in [-0.3, -0.25) is 4.79 Å². The van der Waals surface area contributed by atoms with Crippen LogP contribution in [-0.4, -0.2) is 49.3 Å². The predicted molar refractivity (Wildman–Crippen MR) is 87.0 cm³/mol. The second-order valence-electron chi connectivity index (χ2n) is 6.64. The summed E-state index contributed by atoms with van der Waals surface area (Å²) in [5.74, 6) is 0.997. The number of para-hydroxylation sites is 1. The van der Waals surface area contributed by atoms with Gasteiger partial charge in [-0.1, -0.05) is 12.5 Å². The van der Waals surface area contributed by atoms with Crippen molar-refractivity contribution >= 4 is 5.91 Å². The second-order valence-corrected chi connectivity index (χ2v) is 6.64. The van der Waals surface area contributed by atoms with E-state index in [4.69, 9.17) is 9.47 Å². The number of carbonyl (C=O) groups is 1. The molecule has 1 aliphatic carbocycles. The van der Waals surface area contributed by atoms with Gasteiger partial charge in [-0.25, -0.2) is 0 Å². The number of aliphatic hydroxyl groups is 1. The van der Waals surface area contributed by atoms with E-state index in [9.17, 15) is 9.90 Å². The average molecular weight is 319 g/mol. The highest BCUT2D eigenvalue weighted by Crippen LogP contribution is 2.45. The molecule has 1 aromatic carbocycles. The maximum Gasteiger partial charge on any atom is 0.257 e. The topological polar surface area (TPSA) is 59.0 Å². The smallest absolute Gasteiger partial charge is 0.257 e. The number of methoxy groups -OCH3 is 2. The van der Waals surface area contributed by atoms with Crippen LogP contribution in [0.4, 0.5) is 0 Å². The number of rotatable bonds is 3. The second kappa shape index (κ2) is 6.40. The summed E-state index contributed by atoms with van der Waals surface area (Å²) in [6.07, 6.45) is 4.57. The van der Waals surface area contributed by atoms with Crippen molar-refractivity contribution in [2.75, 3.05) is 27.3 Å². The van der Waals surface area contributed by atoms with Crippen LogP contribution in [0.2, 0.25) is 0 Å². The van der Waals surface area contributed by atoms with Gasteiger partial charge in [-0.2, -0.15) is 0 Å². The Morgan fingerprint density at radius 3 is 2.70 bits per heavy atom. The fourth-order valence-electron chi connectivity index (χ4n) is 4.16. The molecule has 1 amide bonds. The summed E-state index contributed by atoms with van der Waals surface area (Å²) < 4.78 is 10.7. The van der Waals surface area contributed by atoms with E-state index in [1.54, 1.807) is 32.4 Å². The van der Waals surface area contributed by atoms with Crippen LogP contribution >= 0.6 is 0 Å². The predicted octanol–water partition coefficient (Wildman–Crippen LogP) is 2.47. The van der Waals surface area contributed by atoms with E-state index < -0.39 is 0 Å². The van der Waals surface area contributed by atoms with Crippen molar-refractivity contribution in [1.29, 1.82) is 0 Å². The fraction of sp³-hybridized carbons (Fsp3) is 0.611. The Hall–Kier alpha value is -1.75. The van der Waals surface area contributed by atoms with Gasteiger partial charge in [0.25, 0.3) is 5.91 Å². The number of likely N-dealkylation sites (tertiary alicyclic amines) is 1. The molecule has 3 rings (SSSR count). The zero-order valence-electron chi connectivity index (χ0n) is 13.9. The first-order valence-electron chi connectivity index (χ1n) is 8.29. The maximum atomic E-state index is 13.0. The minimum atomic E-state index is -0.287. The standard InChI is InChI=1S/C18H25NO4/c1-22-14-7-3-6-13(16(14)23-2)17(21)19-11-5-10-18(12-19)9-4-8-15(18)20/h3,6-7,15,20H,4-5,8-12H2,1-2H3/t15-,18+/m1/s1. The zero-order valence-corrected chi connectivity index (χ0v) is 13.9. The van der Waals surface area contributed by atoms with Gasteiger partial charge in [0.05, 0.1) is 25.9 Å². The number of hydrogen-bond acceptors (Lipinski definition) is 4. The van der Waals surface area contributed by atoms with E-state index in [0.717, 1.165) is 38.6 Å². The average Bonchev–Trinajstić information content (AvgIpc) is 2.93. The van der Waals surface area contributed by atoms with Crippen molar-refractivity contribution in [3.63, 3.8) is 0 Å². The van der Waals surface area contributed by atoms with Gasteiger partial charge in [0.2, 0.25) is 0 Å². The molecular weight excluding hydrogens is 294 g/mol. The Labute approximate surface area is 137 Å². The van der Waals surface area contributed by atoms with Crippen LogP contribution in [0.15, 0.2) is 18.2 Å². The number of amides is 1. The molecule has 23 heavy (non-hydrogen) atoms. The lowest BCUT2D eigenvalue weighted by atomic mass is 9.76. The molecule has 1 saturated heterocycles. The van der Waals surface area contributed by atoms with Crippen molar-refractivity contribution < 1.29 is 19.4 Å². The summed E-state index contributed by atoms with van der Waals surface area (Å²) in [6, 6.07) is 5.36. The highest BCUT2D eigenvalue weighted by Gasteiger charge is 2.45. The molecule has 2 atom stereocenters. The highest BCUT2D eigenvalue weighted by molar-refractivity contribution is 5.98. The summed E-state index contributed by atoms with van der Waals surface area (Å²) in [5, 5.41) is 10.4. The number of aliphatic hydroxyl groups excluding tert-OH is 1. The van der Waals surface area contributed by atoms with E-state index in [-0.39, 0.29) is 17.4 Å². The molecule has 5 nitrogen and oxygen atoms in total. The Bertz CT molecular complexity index is 588. The fourth-order valence-corrected chi connectivity index (χ4v) is 4.16. The van der Waals surface area contributed by atoms with Crippen LogP contribution in [0.1, 0.15) is 42.5 Å². The first kappa shape index (κ1) is 16.1. The lowest BCUT2D eigenvalue weighted by Crippen LogP contribution is -2.49. The molecule has 1 aromatic rings. The molecule has 0 aromatic heterocycles. The third-order valence-corrected chi connectivity index (χ3v) is 5.39. The highest BCUT2D eigenvalue weighted by atomic mass is 16.5. The molecule has 1 spiro atoms. The lowest BCUT2D eigenvalue weighted by Gasteiger charge is -2.42. The lowest BCUT2D eigenvalue weighted by molar-refractivity contribution is -0.00545. The van der Waals surface area contributed by atoms with Gasteiger partial charge in [-0.15, -0.1) is 0 Å². The quantitative estimate of drug-likeness (QED) is 0.930. The molecule has 1 N–H and O–H groups in total. The van der Waals surface area contributed by atoms with Crippen molar-refractivity contribution in [3.8, 4) is 11.5 Å². The van der Waals surface area contributed by atoms with Crippen LogP contribution in [0.25, 0.3) is 0 Å². The number of nitrogens with zero attached hydrogens (tertiary/aromatic N) is 1. The Balaban J connectivity index is 1.86. The maximum absolute atomic E-state index is 13.0. The Kier molecular flexibility index (Phi) is 4.48. The van der Waals surface area contributed by atoms with Crippen LogP contribution in [0.3, 0.4) is 0 Å². The van der Waals surface area contributed by atoms with Gasteiger partial charge >= 0.3 is 0 Å². The third kappa shape index (κ3) is 2.78. The van der Waals surface area contributed by atoms with E-state index in [2.05, 4.69) is 0 Å². The van der Waals surface area contributed by atoms with Gasteiger partial charge in [0.1, 0.15) is 0 Å². The molecule has 126 valence electrons. The molecule has 5 heteroatoms. The van der Waals surface area contributed by atoms with Crippen LogP contribution in [0.5, 0.6) is 11.5 Å². The monoisotopic (exact) mass is 319 g/mol. The number of benzene rings is 1. The zero-order chi connectivity index (χ0) is 16.4. The Morgan fingerprint density at radius 2 is 2.04 bits per heavy atom. The summed E-state index contributed by atoms with van der Waals surface area (Å²) >= 11 is 0. The third-order valence-electron chi connectivity index (χ3n) is 5.39. The van der Waals surface area contributed by atoms with Gasteiger partial charge in [0.15, 0.2) is 11.5 Å². The van der Waals surface area contributed by atoms with E-state index >= 15 is 0 Å². The largest absolute Gasteiger partial charge is 0.493 e. The van der Waals surface area contributed by atoms with Gasteiger partial charge in [-0.05, 0) is 37.8 Å². The molecular formula is C18H25NO4. The van der Waals surface area contributed by atoms with E-state index in [0.29, 0.717) is 23.6 Å². The first-order chi connectivity index (χ1) is 11.1. The van der Waals surface area contributed by atoms with Crippen LogP contribution < -0.4 is 9.47 Å². The summed E-state index contributed by atoms with van der Waals surface area (Å²) in [5.41, 5.74) is 0.413. The van der Waals surface area contributed by atoms with Crippen LogP contribution in [0, 0.1) is 5.41 Å². The van der Waals surface area contributed by atoms with Crippen molar-refractivity contribution in [1.82, 2.24) is 4.90 Å². The van der Waals surface area contributed by atoms with Gasteiger partial charge < -0.3 is 19.5 Å². The SMILES string of the molecule is COc1cccc(C(=O)N2CCC[C@@]3(CCC[C@H]3O)C2)c1OC. The van der Waals surface area contributed by atoms with E-state index in [1.165, 1.54) is 0 Å². The number of piperidine rings is 1. The van der Waals surface area contributed by atoms with Gasteiger partial charge in [0, 0.05) is 18.5 Å². The minimum Gasteiger partial charge on any atom is -0.493 e. The molecule has 1 saturated carbocycles. The summed E-state index contributed by atoms with van der Waals surface area (Å²) in [4.78, 5) is 14.9.